The molecule has 0 aliphatic rings. The average Bonchev–Trinajstić information content (AvgIpc) is 2.79. The summed E-state index contributed by atoms with van der Waals surface area (Å²) in [6.45, 7) is 11.8. The molecule has 0 fully saturated rings. The van der Waals surface area contributed by atoms with Gasteiger partial charge in [-0.2, -0.15) is 10.5 Å². The number of nitrogens with zero attached hydrogens (tertiary/aromatic N) is 4. The highest BCUT2D eigenvalue weighted by molar-refractivity contribution is 9.10. The second-order valence-electron chi connectivity index (χ2n) is 9.48. The molecular weight excluding hydrogens is 540 g/mol. The lowest BCUT2D eigenvalue weighted by Gasteiger charge is -2.07. The Hall–Kier alpha value is -4.58. The molecule has 2 aromatic carbocycles. The van der Waals surface area contributed by atoms with Crippen LogP contribution >= 0.6 is 15.9 Å². The lowest BCUT2D eigenvalue weighted by Crippen LogP contribution is -2.01. The highest BCUT2D eigenvalue weighted by atomic mass is 79.9. The van der Waals surface area contributed by atoms with Crippen molar-refractivity contribution >= 4 is 38.7 Å². The number of halogens is 1. The number of hydrogen-bond donors (Lipinski definition) is 2. The van der Waals surface area contributed by atoms with E-state index in [1.165, 1.54) is 12.1 Å². The van der Waals surface area contributed by atoms with Crippen molar-refractivity contribution < 1.29 is 9.85 Å². The van der Waals surface area contributed by atoms with E-state index in [1.54, 1.807) is 6.07 Å². The average molecular weight is 567 g/mol. The van der Waals surface area contributed by atoms with E-state index in [0.29, 0.717) is 10.0 Å². The fourth-order valence-electron chi connectivity index (χ4n) is 2.00. The summed E-state index contributed by atoms with van der Waals surface area (Å²) in [4.78, 5) is 20.0. The second kappa shape index (κ2) is 13.5. The van der Waals surface area contributed by atoms with Crippen LogP contribution in [0.5, 0.6) is 0 Å². The summed E-state index contributed by atoms with van der Waals surface area (Å²) in [6.07, 6.45) is 5.06. The maximum absolute atomic E-state index is 10.7. The van der Waals surface area contributed by atoms with E-state index < -0.39 is 9.85 Å². The van der Waals surface area contributed by atoms with Crippen LogP contribution in [0.25, 0.3) is 0 Å². The third-order valence-electron chi connectivity index (χ3n) is 3.95. The number of nitro groups is 2. The molecule has 192 valence electrons. The van der Waals surface area contributed by atoms with E-state index in [0.717, 1.165) is 12.1 Å². The van der Waals surface area contributed by atoms with Crippen molar-refractivity contribution in [2.24, 2.45) is 10.8 Å². The molecule has 37 heavy (non-hydrogen) atoms. The van der Waals surface area contributed by atoms with Gasteiger partial charge in [-0.1, -0.05) is 11.8 Å². The predicted molar refractivity (Wildman–Crippen MR) is 147 cm³/mol. The molecule has 10 nitrogen and oxygen atoms in total. The third-order valence-corrected chi connectivity index (χ3v) is 4.60. The highest BCUT2D eigenvalue weighted by Gasteiger charge is 2.14. The van der Waals surface area contributed by atoms with Crippen LogP contribution in [-0.2, 0) is 0 Å². The molecule has 0 atom stereocenters. The van der Waals surface area contributed by atoms with Gasteiger partial charge >= 0.3 is 0 Å². The van der Waals surface area contributed by atoms with Gasteiger partial charge in [0.2, 0.25) is 0 Å². The number of non-ortho nitro benzene ring substituents is 2. The molecule has 0 radical (unpaired) electrons. The van der Waals surface area contributed by atoms with Crippen LogP contribution in [0.1, 0.15) is 58.2 Å². The van der Waals surface area contributed by atoms with Crippen LogP contribution in [-0.4, -0.2) is 9.85 Å². The van der Waals surface area contributed by atoms with Crippen molar-refractivity contribution in [1.82, 2.24) is 0 Å². The largest absolute Gasteiger partial charge is 0.397 e. The Kier molecular flexibility index (Phi) is 11.8. The fraction of sp³-hybridized carbons (Fsp3) is 0.308. The monoisotopic (exact) mass is 566 g/mol. The summed E-state index contributed by atoms with van der Waals surface area (Å²) in [5.74, 6) is 8.33. The van der Waals surface area contributed by atoms with Crippen molar-refractivity contribution in [1.29, 1.82) is 10.5 Å². The van der Waals surface area contributed by atoms with Crippen molar-refractivity contribution in [3.63, 3.8) is 0 Å². The number of rotatable bonds is 2. The minimum absolute atomic E-state index is 0.0694. The maximum atomic E-state index is 10.7. The third kappa shape index (κ3) is 11.6. The Labute approximate surface area is 224 Å². The van der Waals surface area contributed by atoms with Gasteiger partial charge in [0, 0.05) is 39.6 Å². The van der Waals surface area contributed by atoms with E-state index in [2.05, 4.69) is 33.7 Å². The zero-order chi connectivity index (χ0) is 29.1. The van der Waals surface area contributed by atoms with E-state index in [-0.39, 0.29) is 44.7 Å². The van der Waals surface area contributed by atoms with E-state index >= 15 is 0 Å². The lowest BCUT2D eigenvalue weighted by molar-refractivity contribution is -0.385. The molecule has 0 aliphatic heterocycles. The van der Waals surface area contributed by atoms with Gasteiger partial charge in [-0.05, 0) is 57.5 Å². The van der Waals surface area contributed by atoms with Crippen LogP contribution in [0.15, 0.2) is 28.7 Å². The SMILES string of the molecule is C#CC(C)(C)C.CC(C)(C)C#Cc1cc([N+](=O)[O-])cc(C#N)c1N.N#Cc1cc([N+](=O)[O-])cc(Br)c1N. The second-order valence-corrected chi connectivity index (χ2v) is 10.3. The number of nitriles is 2. The van der Waals surface area contributed by atoms with Crippen LogP contribution in [0, 0.1) is 77.9 Å². The first-order chi connectivity index (χ1) is 16.9. The number of anilines is 2. The molecule has 0 saturated carbocycles. The van der Waals surface area contributed by atoms with Crippen LogP contribution < -0.4 is 11.5 Å². The fourth-order valence-corrected chi connectivity index (χ4v) is 2.44. The first-order valence-electron chi connectivity index (χ1n) is 10.5. The topological polar surface area (TPSA) is 186 Å². The predicted octanol–water partition coefficient (Wildman–Crippen LogP) is 5.92. The Balaban J connectivity index is 0.000000594. The van der Waals surface area contributed by atoms with Gasteiger partial charge in [-0.3, -0.25) is 20.2 Å². The van der Waals surface area contributed by atoms with Crippen molar-refractivity contribution in [2.45, 2.75) is 41.5 Å². The Morgan fingerprint density at radius 1 is 0.811 bits per heavy atom. The quantitative estimate of drug-likeness (QED) is 0.194. The molecule has 0 unspecified atom stereocenters. The highest BCUT2D eigenvalue weighted by Crippen LogP contribution is 2.28. The Morgan fingerprint density at radius 3 is 1.54 bits per heavy atom. The summed E-state index contributed by atoms with van der Waals surface area (Å²) in [7, 11) is 0. The number of terminal acetylenes is 1. The summed E-state index contributed by atoms with van der Waals surface area (Å²) < 4.78 is 0.359. The van der Waals surface area contributed by atoms with Crippen molar-refractivity contribution in [2.75, 3.05) is 11.5 Å². The molecule has 0 bridgehead atoms. The van der Waals surface area contributed by atoms with Gasteiger partial charge in [0.25, 0.3) is 11.4 Å². The molecule has 4 N–H and O–H groups in total. The molecule has 0 amide bonds. The zero-order valence-electron chi connectivity index (χ0n) is 21.3. The minimum atomic E-state index is -0.578. The zero-order valence-corrected chi connectivity index (χ0v) is 22.9. The Morgan fingerprint density at radius 2 is 1.19 bits per heavy atom. The molecule has 0 aliphatic carbocycles. The maximum Gasteiger partial charge on any atom is 0.272 e. The van der Waals surface area contributed by atoms with Crippen molar-refractivity contribution in [3.8, 4) is 36.3 Å². The summed E-state index contributed by atoms with van der Waals surface area (Å²) >= 11 is 3.03. The van der Waals surface area contributed by atoms with Crippen LogP contribution in [0.3, 0.4) is 0 Å². The van der Waals surface area contributed by atoms with Gasteiger partial charge in [0.05, 0.1) is 37.9 Å². The molecule has 0 aromatic heterocycles. The summed E-state index contributed by atoms with van der Waals surface area (Å²) in [6, 6.07) is 8.44. The molecule has 2 rings (SSSR count). The molecule has 0 spiro atoms. The van der Waals surface area contributed by atoms with E-state index in [1.807, 2.05) is 47.6 Å². The van der Waals surface area contributed by atoms with E-state index in [9.17, 15) is 20.2 Å². The molecular formula is C26H27BrN6O4. The number of nitro benzene ring substituents is 2. The summed E-state index contributed by atoms with van der Waals surface area (Å²) in [5.41, 5.74) is 11.6. The Bertz CT molecular complexity index is 1370. The standard InChI is InChI=1S/C13H13N3O2.C7H4BrN3O2.C6H10/c1-13(2,3)5-4-9-6-11(16(17)18)7-10(8-14)12(9)15;8-6-2-5(11(12)13)1-4(3-9)7(6)10;1-5-6(2,3)4/h6-7H,15H2,1-3H3;1-2H,10H2;1H,2-4H3. The van der Waals surface area contributed by atoms with Crippen LogP contribution in [0.2, 0.25) is 0 Å². The summed E-state index contributed by atoms with van der Waals surface area (Å²) in [5, 5.41) is 38.6. The van der Waals surface area contributed by atoms with Crippen LogP contribution in [0.4, 0.5) is 22.7 Å². The number of nitrogens with two attached hydrogens (primary N) is 2. The van der Waals surface area contributed by atoms with Gasteiger partial charge in [-0.15, -0.1) is 12.3 Å². The number of nitrogen functional groups attached to an aromatic ring is 2. The van der Waals surface area contributed by atoms with Gasteiger partial charge in [0.15, 0.2) is 0 Å². The molecule has 2 aromatic rings. The van der Waals surface area contributed by atoms with Gasteiger partial charge in [0.1, 0.15) is 12.1 Å². The number of hydrogen-bond acceptors (Lipinski definition) is 8. The normalized spacial score (nSPS) is 9.84. The minimum Gasteiger partial charge on any atom is -0.397 e. The first kappa shape index (κ1) is 32.4. The number of benzene rings is 2. The molecule has 0 heterocycles. The first-order valence-corrected chi connectivity index (χ1v) is 11.3. The van der Waals surface area contributed by atoms with Crippen molar-refractivity contribution in [3.05, 3.63) is 65.7 Å². The van der Waals surface area contributed by atoms with Gasteiger partial charge < -0.3 is 11.5 Å². The lowest BCUT2D eigenvalue weighted by atomic mass is 9.97. The van der Waals surface area contributed by atoms with Gasteiger partial charge in [-0.25, -0.2) is 0 Å². The van der Waals surface area contributed by atoms with E-state index in [4.69, 9.17) is 28.4 Å². The molecule has 11 heteroatoms. The molecule has 0 saturated heterocycles. The smallest absolute Gasteiger partial charge is 0.272 e.